The summed E-state index contributed by atoms with van der Waals surface area (Å²) in [5.41, 5.74) is 1.80. The fourth-order valence-electron chi connectivity index (χ4n) is 2.06. The van der Waals surface area contributed by atoms with Gasteiger partial charge >= 0.3 is 0 Å². The highest BCUT2D eigenvalue weighted by molar-refractivity contribution is 5.52. The van der Waals surface area contributed by atoms with Gasteiger partial charge in [-0.05, 0) is 33.0 Å². The number of ether oxygens (including phenoxy) is 2. The van der Waals surface area contributed by atoms with E-state index in [0.717, 1.165) is 22.9 Å². The average Bonchev–Trinajstić information content (AvgIpc) is 2.96. The van der Waals surface area contributed by atoms with Gasteiger partial charge in [0.25, 0.3) is 0 Å². The molecular weight excluding hydrogens is 254 g/mol. The van der Waals surface area contributed by atoms with Crippen molar-refractivity contribution < 1.29 is 9.47 Å². The lowest BCUT2D eigenvalue weighted by Gasteiger charge is -2.26. The normalized spacial score (nSPS) is 11.4. The second kappa shape index (κ2) is 5.54. The highest BCUT2D eigenvalue weighted by Crippen LogP contribution is 2.31. The van der Waals surface area contributed by atoms with E-state index in [-0.39, 0.29) is 5.54 Å². The van der Waals surface area contributed by atoms with Gasteiger partial charge in [-0.1, -0.05) is 0 Å². The Morgan fingerprint density at radius 1 is 1.20 bits per heavy atom. The van der Waals surface area contributed by atoms with Gasteiger partial charge in [-0.15, -0.1) is 0 Å². The van der Waals surface area contributed by atoms with Gasteiger partial charge in [-0.2, -0.15) is 0 Å². The third-order valence-corrected chi connectivity index (χ3v) is 3.55. The maximum Gasteiger partial charge on any atom is 0.146 e. The van der Waals surface area contributed by atoms with Crippen molar-refractivity contribution in [2.75, 3.05) is 21.3 Å². The molecule has 20 heavy (non-hydrogen) atoms. The molecule has 2 rings (SSSR count). The summed E-state index contributed by atoms with van der Waals surface area (Å²) < 4.78 is 12.7. The first-order valence-corrected chi connectivity index (χ1v) is 6.47. The van der Waals surface area contributed by atoms with Crippen molar-refractivity contribution in [2.24, 2.45) is 0 Å². The van der Waals surface area contributed by atoms with E-state index in [1.807, 2.05) is 36.0 Å². The number of nitrogens with one attached hydrogen (secondary N) is 1. The summed E-state index contributed by atoms with van der Waals surface area (Å²) in [5.74, 6) is 1.51. The smallest absolute Gasteiger partial charge is 0.146 e. The molecule has 0 unspecified atom stereocenters. The molecule has 1 N–H and O–H groups in total. The second-order valence-corrected chi connectivity index (χ2v) is 5.06. The Morgan fingerprint density at radius 2 is 1.95 bits per heavy atom. The Morgan fingerprint density at radius 3 is 2.55 bits per heavy atom. The number of benzene rings is 1. The molecule has 0 fully saturated rings. The zero-order chi connectivity index (χ0) is 14.8. The molecule has 1 aromatic heterocycles. The average molecular weight is 275 g/mol. The largest absolute Gasteiger partial charge is 0.497 e. The van der Waals surface area contributed by atoms with Gasteiger partial charge in [0.1, 0.15) is 11.5 Å². The lowest BCUT2D eigenvalue weighted by molar-refractivity contribution is 0.390. The molecule has 0 radical (unpaired) electrons. The number of rotatable bonds is 5. The summed E-state index contributed by atoms with van der Waals surface area (Å²) in [6, 6.07) is 5.74. The van der Waals surface area contributed by atoms with Crippen LogP contribution in [0.5, 0.6) is 11.5 Å². The topological polar surface area (TPSA) is 48.3 Å². The third kappa shape index (κ3) is 2.49. The Bertz CT molecular complexity index is 591. The maximum absolute atomic E-state index is 5.46. The van der Waals surface area contributed by atoms with Gasteiger partial charge in [0.05, 0.1) is 43.7 Å². The first-order chi connectivity index (χ1) is 9.53. The highest BCUT2D eigenvalue weighted by atomic mass is 16.5. The summed E-state index contributed by atoms with van der Waals surface area (Å²) in [7, 11) is 5.22. The number of methoxy groups -OCH3 is 2. The Hall–Kier alpha value is -2.01. The Kier molecular flexibility index (Phi) is 3.99. The minimum absolute atomic E-state index is 0.193. The predicted molar refractivity (Wildman–Crippen MR) is 78.8 cm³/mol. The van der Waals surface area contributed by atoms with E-state index in [1.165, 1.54) is 0 Å². The molecule has 2 aromatic rings. The van der Waals surface area contributed by atoms with Gasteiger partial charge in [0.15, 0.2) is 0 Å². The van der Waals surface area contributed by atoms with Crippen molar-refractivity contribution in [3.63, 3.8) is 0 Å². The zero-order valence-electron chi connectivity index (χ0n) is 12.6. The van der Waals surface area contributed by atoms with Crippen molar-refractivity contribution in [2.45, 2.75) is 19.4 Å². The number of aromatic nitrogens is 2. The molecule has 0 aliphatic rings. The van der Waals surface area contributed by atoms with Crippen molar-refractivity contribution in [1.29, 1.82) is 0 Å². The minimum Gasteiger partial charge on any atom is -0.497 e. The molecule has 5 nitrogen and oxygen atoms in total. The van der Waals surface area contributed by atoms with E-state index in [0.29, 0.717) is 0 Å². The summed E-state index contributed by atoms with van der Waals surface area (Å²) in [6.07, 6.45) is 3.65. The highest BCUT2D eigenvalue weighted by Gasteiger charge is 2.24. The van der Waals surface area contributed by atoms with Crippen molar-refractivity contribution in [1.82, 2.24) is 14.9 Å². The van der Waals surface area contributed by atoms with Crippen LogP contribution in [-0.4, -0.2) is 30.8 Å². The van der Waals surface area contributed by atoms with Gasteiger partial charge < -0.3 is 14.8 Å². The predicted octanol–water partition coefficient (Wildman–Crippen LogP) is 2.34. The summed E-state index contributed by atoms with van der Waals surface area (Å²) >= 11 is 0. The monoisotopic (exact) mass is 275 g/mol. The van der Waals surface area contributed by atoms with Crippen LogP contribution in [0.15, 0.2) is 30.7 Å². The number of imidazole rings is 1. The molecule has 0 amide bonds. The van der Waals surface area contributed by atoms with E-state index in [2.05, 4.69) is 24.1 Å². The molecule has 0 bridgehead atoms. The van der Waals surface area contributed by atoms with Crippen LogP contribution in [0.1, 0.15) is 19.5 Å². The van der Waals surface area contributed by atoms with Crippen LogP contribution in [0.4, 0.5) is 0 Å². The first-order valence-electron chi connectivity index (χ1n) is 6.47. The van der Waals surface area contributed by atoms with Crippen LogP contribution < -0.4 is 14.8 Å². The summed E-state index contributed by atoms with van der Waals surface area (Å²) in [5, 5.41) is 3.29. The summed E-state index contributed by atoms with van der Waals surface area (Å²) in [4.78, 5) is 4.27. The van der Waals surface area contributed by atoms with Crippen LogP contribution in [0.25, 0.3) is 5.69 Å². The van der Waals surface area contributed by atoms with Gasteiger partial charge in [-0.25, -0.2) is 4.98 Å². The van der Waals surface area contributed by atoms with Crippen LogP contribution in [0.3, 0.4) is 0 Å². The number of nitrogens with zero attached hydrogens (tertiary/aromatic N) is 2. The van der Waals surface area contributed by atoms with Gasteiger partial charge in [0.2, 0.25) is 0 Å². The lowest BCUT2D eigenvalue weighted by atomic mass is 10.0. The fraction of sp³-hybridized carbons (Fsp3) is 0.400. The van der Waals surface area contributed by atoms with Crippen LogP contribution in [0, 0.1) is 0 Å². The summed E-state index contributed by atoms with van der Waals surface area (Å²) in [6.45, 7) is 4.22. The minimum atomic E-state index is -0.193. The van der Waals surface area contributed by atoms with E-state index in [9.17, 15) is 0 Å². The molecule has 0 atom stereocenters. The number of hydrogen-bond acceptors (Lipinski definition) is 4. The quantitative estimate of drug-likeness (QED) is 0.910. The molecular formula is C15H21N3O2. The Labute approximate surface area is 119 Å². The standard InChI is InChI=1S/C15H21N3O2/c1-15(2,16-3)14-9-17-10-18(14)12-7-6-11(19-4)8-13(12)20-5/h6-10,16H,1-5H3. The molecule has 0 saturated heterocycles. The van der Waals surface area contributed by atoms with E-state index >= 15 is 0 Å². The SMILES string of the molecule is CNC(C)(C)c1cncn1-c1ccc(OC)cc1OC. The maximum atomic E-state index is 5.46. The molecule has 0 aliphatic heterocycles. The zero-order valence-corrected chi connectivity index (χ0v) is 12.6. The van der Waals surface area contributed by atoms with Crippen molar-refractivity contribution in [3.05, 3.63) is 36.4 Å². The molecule has 1 aromatic carbocycles. The van der Waals surface area contributed by atoms with E-state index < -0.39 is 0 Å². The molecule has 5 heteroatoms. The molecule has 0 spiro atoms. The Balaban J connectivity index is 2.55. The van der Waals surface area contributed by atoms with Gasteiger partial charge in [0, 0.05) is 6.07 Å². The molecule has 0 saturated carbocycles. The van der Waals surface area contributed by atoms with Crippen LogP contribution >= 0.6 is 0 Å². The van der Waals surface area contributed by atoms with Crippen LogP contribution in [-0.2, 0) is 5.54 Å². The molecule has 1 heterocycles. The third-order valence-electron chi connectivity index (χ3n) is 3.55. The first kappa shape index (κ1) is 14.4. The van der Waals surface area contributed by atoms with E-state index in [4.69, 9.17) is 9.47 Å². The van der Waals surface area contributed by atoms with Crippen LogP contribution in [0.2, 0.25) is 0 Å². The van der Waals surface area contributed by atoms with E-state index in [1.54, 1.807) is 20.5 Å². The second-order valence-electron chi connectivity index (χ2n) is 5.06. The fourth-order valence-corrected chi connectivity index (χ4v) is 2.06. The number of hydrogen-bond donors (Lipinski definition) is 1. The van der Waals surface area contributed by atoms with Gasteiger partial charge in [-0.3, -0.25) is 4.57 Å². The van der Waals surface area contributed by atoms with Crippen molar-refractivity contribution >= 4 is 0 Å². The van der Waals surface area contributed by atoms with Crippen molar-refractivity contribution in [3.8, 4) is 17.2 Å². The lowest BCUT2D eigenvalue weighted by Crippen LogP contribution is -2.35. The molecule has 0 aliphatic carbocycles. The molecule has 108 valence electrons.